The molecule has 3 aromatic heterocycles. The Kier molecular flexibility index (Phi) is 7.16. The van der Waals surface area contributed by atoms with Gasteiger partial charge in [-0.05, 0) is 52.6 Å². The van der Waals surface area contributed by atoms with Gasteiger partial charge < -0.3 is 9.13 Å². The van der Waals surface area contributed by atoms with Gasteiger partial charge >= 0.3 is 0 Å². The Morgan fingerprint density at radius 1 is 0.310 bits per heavy atom. The molecule has 12 aromatic rings. The number of benzene rings is 9. The van der Waals surface area contributed by atoms with Gasteiger partial charge in [0.2, 0.25) is 0 Å². The second-order valence-corrected chi connectivity index (χ2v) is 14.8. The predicted octanol–water partition coefficient (Wildman–Crippen LogP) is 13.4. The molecule has 9 aromatic carbocycles. The van der Waals surface area contributed by atoms with Crippen molar-refractivity contribution in [2.75, 3.05) is 0 Å². The van der Waals surface area contributed by atoms with E-state index in [1.165, 1.54) is 32.3 Å². The number of rotatable bonds is 5. The fourth-order valence-corrected chi connectivity index (χ4v) is 8.96. The number of aromatic nitrogens is 5. The zero-order valence-corrected chi connectivity index (χ0v) is 31.3. The van der Waals surface area contributed by atoms with E-state index in [9.17, 15) is 0 Å². The van der Waals surface area contributed by atoms with Crippen LogP contribution in [0.1, 0.15) is 0 Å². The summed E-state index contributed by atoms with van der Waals surface area (Å²) in [6.07, 6.45) is 0. The van der Waals surface area contributed by atoms with E-state index in [4.69, 9.17) is 15.0 Å². The van der Waals surface area contributed by atoms with E-state index in [0.29, 0.717) is 17.5 Å². The largest absolute Gasteiger partial charge is 0.309 e. The van der Waals surface area contributed by atoms with Gasteiger partial charge in [-0.2, -0.15) is 0 Å². The highest BCUT2D eigenvalue weighted by atomic mass is 15.1. The molecule has 0 unspecified atom stereocenters. The monoisotopic (exact) mass is 739 g/mol. The summed E-state index contributed by atoms with van der Waals surface area (Å²) in [7, 11) is 0. The summed E-state index contributed by atoms with van der Waals surface area (Å²) in [6.45, 7) is 0. The summed E-state index contributed by atoms with van der Waals surface area (Å²) >= 11 is 0. The molecule has 0 atom stereocenters. The van der Waals surface area contributed by atoms with Crippen molar-refractivity contribution in [2.24, 2.45) is 0 Å². The molecule has 0 aliphatic rings. The normalized spacial score (nSPS) is 11.8. The van der Waals surface area contributed by atoms with Crippen molar-refractivity contribution in [3.05, 3.63) is 200 Å². The van der Waals surface area contributed by atoms with Gasteiger partial charge in [0.25, 0.3) is 0 Å². The van der Waals surface area contributed by atoms with Crippen LogP contribution in [0, 0.1) is 0 Å². The van der Waals surface area contributed by atoms with Crippen LogP contribution >= 0.6 is 0 Å². The number of nitrogens with zero attached hydrogens (tertiary/aromatic N) is 5. The Bertz CT molecular complexity index is 3560. The fraction of sp³-hybridized carbons (Fsp3) is 0. The maximum absolute atomic E-state index is 5.46. The molecular formula is C53H33N5. The molecule has 12 rings (SSSR count). The van der Waals surface area contributed by atoms with Crippen LogP contribution in [0.15, 0.2) is 200 Å². The number of hydrogen-bond donors (Lipinski definition) is 0. The minimum Gasteiger partial charge on any atom is -0.309 e. The molecule has 0 N–H and O–H groups in total. The van der Waals surface area contributed by atoms with E-state index >= 15 is 0 Å². The lowest BCUT2D eigenvalue weighted by Gasteiger charge is -2.17. The average molecular weight is 740 g/mol. The Balaban J connectivity index is 1.18. The Hall–Kier alpha value is -7.89. The van der Waals surface area contributed by atoms with Gasteiger partial charge in [0.05, 0.1) is 33.3 Å². The van der Waals surface area contributed by atoms with E-state index in [-0.39, 0.29) is 0 Å². The second kappa shape index (κ2) is 12.8. The van der Waals surface area contributed by atoms with Gasteiger partial charge in [-0.25, -0.2) is 15.0 Å². The van der Waals surface area contributed by atoms with E-state index < -0.39 is 0 Å². The number of hydrogen-bond acceptors (Lipinski definition) is 3. The molecule has 0 fully saturated rings. The molecular weight excluding hydrogens is 707 g/mol. The number of fused-ring (bicyclic) bond motifs is 9. The molecule has 58 heavy (non-hydrogen) atoms. The maximum Gasteiger partial charge on any atom is 0.166 e. The lowest BCUT2D eigenvalue weighted by molar-refractivity contribution is 1.07. The second-order valence-electron chi connectivity index (χ2n) is 14.8. The lowest BCUT2D eigenvalue weighted by Crippen LogP contribution is -2.04. The highest BCUT2D eigenvalue weighted by Crippen LogP contribution is 2.42. The van der Waals surface area contributed by atoms with Crippen LogP contribution in [-0.4, -0.2) is 24.1 Å². The van der Waals surface area contributed by atoms with Crippen LogP contribution in [0.25, 0.3) is 111 Å². The van der Waals surface area contributed by atoms with Crippen molar-refractivity contribution >= 4 is 65.2 Å². The molecule has 5 nitrogen and oxygen atoms in total. The maximum atomic E-state index is 5.46. The fourth-order valence-electron chi connectivity index (χ4n) is 8.96. The molecule has 5 heteroatoms. The highest BCUT2D eigenvalue weighted by Gasteiger charge is 2.23. The molecule has 0 aliphatic heterocycles. The van der Waals surface area contributed by atoms with Gasteiger partial charge in [0.15, 0.2) is 17.5 Å². The summed E-state index contributed by atoms with van der Waals surface area (Å²) < 4.78 is 4.76. The highest BCUT2D eigenvalue weighted by molar-refractivity contribution is 6.19. The van der Waals surface area contributed by atoms with Crippen LogP contribution in [0.5, 0.6) is 0 Å². The van der Waals surface area contributed by atoms with Crippen molar-refractivity contribution in [2.45, 2.75) is 0 Å². The van der Waals surface area contributed by atoms with Gasteiger partial charge in [0.1, 0.15) is 0 Å². The molecule has 270 valence electrons. The first-order chi connectivity index (χ1) is 28.8. The summed E-state index contributed by atoms with van der Waals surface area (Å²) in [5.74, 6) is 1.85. The van der Waals surface area contributed by atoms with E-state index in [0.717, 1.165) is 60.9 Å². The van der Waals surface area contributed by atoms with Crippen LogP contribution in [-0.2, 0) is 0 Å². The third kappa shape index (κ3) is 4.93. The molecule has 0 radical (unpaired) electrons. The standard InChI is InChI=1S/C53H33N5/c1-3-17-36(18-4-1)51-54-52(37-28-30-43-41-23-11-13-25-45(41)57(48(43)33-37)38-19-5-2-6-20-38)56-53(55-51)49-39-21-9-7-15-34(39)29-32-47(49)58-46-26-14-12-24-42(46)44-31-27-35-16-8-10-22-40(35)50(44)58/h1-33H. The van der Waals surface area contributed by atoms with Crippen molar-refractivity contribution in [1.29, 1.82) is 0 Å². The third-order valence-electron chi connectivity index (χ3n) is 11.5. The quantitative estimate of drug-likeness (QED) is 0.177. The minimum atomic E-state index is 0.613. The molecule has 0 bridgehead atoms. The Morgan fingerprint density at radius 2 is 0.828 bits per heavy atom. The minimum absolute atomic E-state index is 0.613. The van der Waals surface area contributed by atoms with E-state index in [1.807, 2.05) is 18.2 Å². The topological polar surface area (TPSA) is 48.5 Å². The van der Waals surface area contributed by atoms with Crippen LogP contribution < -0.4 is 0 Å². The molecule has 0 aliphatic carbocycles. The van der Waals surface area contributed by atoms with Crippen molar-refractivity contribution in [1.82, 2.24) is 24.1 Å². The summed E-state index contributed by atoms with van der Waals surface area (Å²) in [6, 6.07) is 70.9. The smallest absolute Gasteiger partial charge is 0.166 e. The summed E-state index contributed by atoms with van der Waals surface area (Å²) in [5, 5.41) is 9.36. The average Bonchev–Trinajstić information content (AvgIpc) is 3.82. The first kappa shape index (κ1) is 32.4. The van der Waals surface area contributed by atoms with Gasteiger partial charge in [-0.1, -0.05) is 164 Å². The SMILES string of the molecule is c1ccc(-c2nc(-c3ccc4c5ccccc5n(-c5ccccc5)c4c3)nc(-c3c(-n4c5ccccc5c5ccc6ccccc6c54)ccc4ccccc34)n2)cc1. The van der Waals surface area contributed by atoms with Crippen LogP contribution in [0.2, 0.25) is 0 Å². The zero-order valence-electron chi connectivity index (χ0n) is 31.3. The van der Waals surface area contributed by atoms with Crippen molar-refractivity contribution in [3.63, 3.8) is 0 Å². The summed E-state index contributed by atoms with van der Waals surface area (Å²) in [4.78, 5) is 16.1. The van der Waals surface area contributed by atoms with Crippen LogP contribution in [0.4, 0.5) is 0 Å². The molecule has 0 saturated heterocycles. The van der Waals surface area contributed by atoms with E-state index in [1.54, 1.807) is 0 Å². The Labute approximate surface area is 333 Å². The first-order valence-electron chi connectivity index (χ1n) is 19.6. The van der Waals surface area contributed by atoms with Crippen LogP contribution in [0.3, 0.4) is 0 Å². The molecule has 0 amide bonds. The Morgan fingerprint density at radius 3 is 1.59 bits per heavy atom. The van der Waals surface area contributed by atoms with Gasteiger partial charge in [-0.3, -0.25) is 0 Å². The van der Waals surface area contributed by atoms with Crippen molar-refractivity contribution in [3.8, 4) is 45.5 Å². The van der Waals surface area contributed by atoms with Gasteiger partial charge in [-0.15, -0.1) is 0 Å². The predicted molar refractivity (Wildman–Crippen MR) is 240 cm³/mol. The number of para-hydroxylation sites is 3. The zero-order chi connectivity index (χ0) is 38.2. The summed E-state index contributed by atoms with van der Waals surface area (Å²) in [5.41, 5.74) is 9.44. The first-order valence-corrected chi connectivity index (χ1v) is 19.6. The third-order valence-corrected chi connectivity index (χ3v) is 11.5. The molecule has 0 spiro atoms. The lowest BCUT2D eigenvalue weighted by atomic mass is 10.0. The molecule has 0 saturated carbocycles. The molecule has 3 heterocycles. The van der Waals surface area contributed by atoms with E-state index in [2.05, 4.69) is 191 Å². The van der Waals surface area contributed by atoms with Gasteiger partial charge in [0, 0.05) is 43.7 Å². The van der Waals surface area contributed by atoms with Crippen molar-refractivity contribution < 1.29 is 0 Å².